The van der Waals surface area contributed by atoms with Crippen LogP contribution in [0.1, 0.15) is 24.2 Å². The number of rotatable bonds is 5. The summed E-state index contributed by atoms with van der Waals surface area (Å²) in [4.78, 5) is 21.6. The molecule has 0 saturated heterocycles. The maximum atomic E-state index is 13.6. The first-order chi connectivity index (χ1) is 15.0. The SMILES string of the molecule is COc1cccc2cc(C(C)Nc3nc(N)ncc3C#N)n(-c3ccccc3)c(=O)c12. The third kappa shape index (κ3) is 3.65. The van der Waals surface area contributed by atoms with Crippen molar-refractivity contribution in [3.05, 3.63) is 82.4 Å². The highest BCUT2D eigenvalue weighted by atomic mass is 16.5. The Bertz CT molecular complexity index is 1360. The summed E-state index contributed by atoms with van der Waals surface area (Å²) in [6, 6.07) is 18.4. The number of para-hydroxylation sites is 1. The minimum absolute atomic E-state index is 0.0531. The molecule has 2 aromatic carbocycles. The summed E-state index contributed by atoms with van der Waals surface area (Å²) in [6.45, 7) is 1.89. The zero-order chi connectivity index (χ0) is 22.0. The van der Waals surface area contributed by atoms with E-state index in [0.717, 1.165) is 5.39 Å². The number of nitriles is 1. The van der Waals surface area contributed by atoms with Crippen molar-refractivity contribution in [3.8, 4) is 17.5 Å². The quantitative estimate of drug-likeness (QED) is 0.515. The monoisotopic (exact) mass is 412 g/mol. The van der Waals surface area contributed by atoms with E-state index in [4.69, 9.17) is 10.5 Å². The van der Waals surface area contributed by atoms with Crippen molar-refractivity contribution in [2.24, 2.45) is 0 Å². The Morgan fingerprint density at radius 2 is 1.97 bits per heavy atom. The number of anilines is 2. The lowest BCUT2D eigenvalue weighted by Crippen LogP contribution is -2.26. The van der Waals surface area contributed by atoms with Crippen LogP contribution in [0.3, 0.4) is 0 Å². The summed E-state index contributed by atoms with van der Waals surface area (Å²) >= 11 is 0. The number of hydrogen-bond donors (Lipinski definition) is 2. The first-order valence-electron chi connectivity index (χ1n) is 9.60. The maximum absolute atomic E-state index is 13.6. The minimum atomic E-state index is -0.384. The van der Waals surface area contributed by atoms with Crippen LogP contribution in [0.15, 0.2) is 65.6 Å². The Kier molecular flexibility index (Phi) is 5.24. The first kappa shape index (κ1) is 19.9. The van der Waals surface area contributed by atoms with Gasteiger partial charge in [0.25, 0.3) is 5.56 Å². The summed E-state index contributed by atoms with van der Waals surface area (Å²) in [6.07, 6.45) is 1.37. The molecule has 31 heavy (non-hydrogen) atoms. The molecule has 4 rings (SSSR count). The van der Waals surface area contributed by atoms with Crippen molar-refractivity contribution < 1.29 is 4.74 Å². The lowest BCUT2D eigenvalue weighted by Gasteiger charge is -2.22. The van der Waals surface area contributed by atoms with Gasteiger partial charge in [0.2, 0.25) is 5.95 Å². The average molecular weight is 412 g/mol. The lowest BCUT2D eigenvalue weighted by atomic mass is 10.1. The predicted octanol–water partition coefficient (Wildman–Crippen LogP) is 3.42. The summed E-state index contributed by atoms with van der Waals surface area (Å²) in [5.74, 6) is 0.868. The van der Waals surface area contributed by atoms with Crippen LogP contribution in [0, 0.1) is 11.3 Å². The Hall–Kier alpha value is -4.38. The normalized spacial score (nSPS) is 11.6. The Morgan fingerprint density at radius 1 is 1.19 bits per heavy atom. The summed E-state index contributed by atoms with van der Waals surface area (Å²) in [5, 5.41) is 13.8. The van der Waals surface area contributed by atoms with Gasteiger partial charge in [-0.1, -0.05) is 30.3 Å². The third-order valence-electron chi connectivity index (χ3n) is 5.00. The van der Waals surface area contributed by atoms with E-state index in [1.54, 1.807) is 17.7 Å². The molecule has 0 aliphatic heterocycles. The van der Waals surface area contributed by atoms with Crippen LogP contribution >= 0.6 is 0 Å². The Labute approximate surface area is 178 Å². The highest BCUT2D eigenvalue weighted by Gasteiger charge is 2.19. The summed E-state index contributed by atoms with van der Waals surface area (Å²) in [7, 11) is 1.54. The fourth-order valence-corrected chi connectivity index (χ4v) is 3.55. The highest BCUT2D eigenvalue weighted by molar-refractivity contribution is 5.88. The molecule has 0 saturated carbocycles. The molecular weight excluding hydrogens is 392 g/mol. The van der Waals surface area contributed by atoms with Gasteiger partial charge in [0.1, 0.15) is 23.2 Å². The Morgan fingerprint density at radius 3 is 2.68 bits per heavy atom. The van der Waals surface area contributed by atoms with Gasteiger partial charge in [-0.3, -0.25) is 9.36 Å². The van der Waals surface area contributed by atoms with Crippen LogP contribution in [-0.4, -0.2) is 21.6 Å². The molecule has 0 radical (unpaired) electrons. The number of aromatic nitrogens is 3. The number of hydrogen-bond acceptors (Lipinski definition) is 7. The van der Waals surface area contributed by atoms with E-state index in [2.05, 4.69) is 21.4 Å². The minimum Gasteiger partial charge on any atom is -0.496 e. The summed E-state index contributed by atoms with van der Waals surface area (Å²) < 4.78 is 7.08. The van der Waals surface area contributed by atoms with E-state index >= 15 is 0 Å². The molecule has 154 valence electrons. The van der Waals surface area contributed by atoms with Crippen molar-refractivity contribution in [3.63, 3.8) is 0 Å². The smallest absolute Gasteiger partial charge is 0.267 e. The molecule has 1 atom stereocenters. The van der Waals surface area contributed by atoms with Gasteiger partial charge in [-0.05, 0) is 36.6 Å². The molecule has 8 nitrogen and oxygen atoms in total. The highest BCUT2D eigenvalue weighted by Crippen LogP contribution is 2.28. The predicted molar refractivity (Wildman–Crippen MR) is 119 cm³/mol. The van der Waals surface area contributed by atoms with Crippen molar-refractivity contribution in [1.29, 1.82) is 5.26 Å². The van der Waals surface area contributed by atoms with E-state index in [9.17, 15) is 10.1 Å². The van der Waals surface area contributed by atoms with Gasteiger partial charge >= 0.3 is 0 Å². The molecule has 0 aliphatic carbocycles. The lowest BCUT2D eigenvalue weighted by molar-refractivity contribution is 0.419. The second kappa shape index (κ2) is 8.16. The van der Waals surface area contributed by atoms with E-state index in [1.807, 2.05) is 55.5 Å². The van der Waals surface area contributed by atoms with Gasteiger partial charge < -0.3 is 15.8 Å². The molecule has 1 unspecified atom stereocenters. The van der Waals surface area contributed by atoms with Crippen LogP contribution in [0.4, 0.5) is 11.8 Å². The molecule has 0 bridgehead atoms. The molecule has 8 heteroatoms. The summed E-state index contributed by atoms with van der Waals surface area (Å²) in [5.41, 5.74) is 7.17. The number of nitrogen functional groups attached to an aromatic ring is 1. The zero-order valence-electron chi connectivity index (χ0n) is 17.0. The molecule has 0 amide bonds. The molecule has 2 heterocycles. The standard InChI is InChI=1S/C23H20N6O2/c1-14(27-21-16(12-24)13-26-23(25)28-21)18-11-15-7-6-10-19(31-2)20(15)22(30)29(18)17-8-4-3-5-9-17/h3-11,13-14H,1-2H3,(H3,25,26,27,28). The number of benzene rings is 2. The molecule has 0 spiro atoms. The third-order valence-corrected chi connectivity index (χ3v) is 5.00. The Balaban J connectivity index is 1.94. The number of methoxy groups -OCH3 is 1. The largest absolute Gasteiger partial charge is 0.496 e. The number of nitrogens with one attached hydrogen (secondary N) is 1. The topological polar surface area (TPSA) is 119 Å². The van der Waals surface area contributed by atoms with Gasteiger partial charge in [0, 0.05) is 11.4 Å². The molecule has 0 fully saturated rings. The molecule has 0 aliphatic rings. The number of ether oxygens (including phenoxy) is 1. The number of nitrogens with zero attached hydrogens (tertiary/aromatic N) is 4. The van der Waals surface area contributed by atoms with Gasteiger partial charge in [0.15, 0.2) is 0 Å². The van der Waals surface area contributed by atoms with E-state index in [0.29, 0.717) is 28.3 Å². The second-order valence-corrected chi connectivity index (χ2v) is 6.94. The zero-order valence-corrected chi connectivity index (χ0v) is 17.0. The van der Waals surface area contributed by atoms with Crippen molar-refractivity contribution >= 4 is 22.5 Å². The van der Waals surface area contributed by atoms with Crippen LogP contribution in [-0.2, 0) is 0 Å². The molecule has 3 N–H and O–H groups in total. The van der Waals surface area contributed by atoms with Crippen LogP contribution in [0.5, 0.6) is 5.75 Å². The molecular formula is C23H20N6O2. The van der Waals surface area contributed by atoms with Crippen LogP contribution in [0.25, 0.3) is 16.5 Å². The van der Waals surface area contributed by atoms with E-state index in [1.165, 1.54) is 6.20 Å². The number of nitrogens with two attached hydrogens (primary N) is 1. The number of fused-ring (bicyclic) bond motifs is 1. The second-order valence-electron chi connectivity index (χ2n) is 6.94. The molecule has 4 aromatic rings. The van der Waals surface area contributed by atoms with Gasteiger partial charge in [-0.15, -0.1) is 0 Å². The first-order valence-corrected chi connectivity index (χ1v) is 9.60. The van der Waals surface area contributed by atoms with E-state index < -0.39 is 0 Å². The van der Waals surface area contributed by atoms with Gasteiger partial charge in [0.05, 0.1) is 24.7 Å². The molecule has 2 aromatic heterocycles. The van der Waals surface area contributed by atoms with Crippen molar-refractivity contribution in [1.82, 2.24) is 14.5 Å². The van der Waals surface area contributed by atoms with Crippen molar-refractivity contribution in [2.75, 3.05) is 18.2 Å². The maximum Gasteiger partial charge on any atom is 0.267 e. The van der Waals surface area contributed by atoms with Gasteiger partial charge in [-0.25, -0.2) is 4.98 Å². The van der Waals surface area contributed by atoms with Gasteiger partial charge in [-0.2, -0.15) is 10.2 Å². The fraction of sp³-hybridized carbons (Fsp3) is 0.130. The van der Waals surface area contributed by atoms with Crippen LogP contribution in [0.2, 0.25) is 0 Å². The average Bonchev–Trinajstić information content (AvgIpc) is 2.79. The van der Waals surface area contributed by atoms with Crippen LogP contribution < -0.4 is 21.3 Å². The fourth-order valence-electron chi connectivity index (χ4n) is 3.55. The van der Waals surface area contributed by atoms with E-state index in [-0.39, 0.29) is 23.1 Å². The van der Waals surface area contributed by atoms with Crippen molar-refractivity contribution in [2.45, 2.75) is 13.0 Å². The number of pyridine rings is 1.